The number of nitrogens with one attached hydrogen (secondary N) is 1. The predicted molar refractivity (Wildman–Crippen MR) is 113 cm³/mol. The third kappa shape index (κ3) is 5.58. The van der Waals surface area contributed by atoms with E-state index in [1.165, 1.54) is 38.4 Å². The molecule has 2 N–H and O–H groups in total. The monoisotopic (exact) mass is 442 g/mol. The van der Waals surface area contributed by atoms with Crippen LogP contribution in [-0.2, 0) is 23.6 Å². The largest absolute Gasteiger partial charge is 0.508 e. The molecule has 2 rings (SSSR count). The average molecular weight is 442 g/mol. The number of nitrogens with zero attached hydrogens (tertiary/aromatic N) is 1. The number of sulfonamides is 1. The third-order valence-electron chi connectivity index (χ3n) is 4.08. The Kier molecular flexibility index (Phi) is 7.85. The van der Waals surface area contributed by atoms with Gasteiger partial charge in [0.15, 0.2) is 5.78 Å². The Morgan fingerprint density at radius 3 is 1.97 bits per heavy atom. The van der Waals surface area contributed by atoms with E-state index < -0.39 is 23.4 Å². The molecule has 29 heavy (non-hydrogen) atoms. The van der Waals surface area contributed by atoms with Crippen molar-refractivity contribution in [2.75, 3.05) is 32.6 Å². The van der Waals surface area contributed by atoms with Gasteiger partial charge in [0.1, 0.15) is 5.75 Å². The Hall–Kier alpha value is -1.90. The van der Waals surface area contributed by atoms with Crippen LogP contribution in [0, 0.1) is 0 Å². The molecular formula is C19H27N2O6PS. The lowest BCUT2D eigenvalue weighted by Gasteiger charge is -2.28. The van der Waals surface area contributed by atoms with Gasteiger partial charge in [-0.15, -0.1) is 0 Å². The summed E-state index contributed by atoms with van der Waals surface area (Å²) in [5.41, 5.74) is 1.14. The topological polar surface area (TPSA) is 105 Å². The van der Waals surface area contributed by atoms with Crippen molar-refractivity contribution in [1.82, 2.24) is 4.31 Å². The molecule has 1 atom stereocenters. The van der Waals surface area contributed by atoms with Gasteiger partial charge in [0.2, 0.25) is 10.0 Å². The summed E-state index contributed by atoms with van der Waals surface area (Å²) >= 11 is 0. The number of hydrogen-bond donors (Lipinski definition) is 2. The van der Waals surface area contributed by atoms with E-state index in [-0.39, 0.29) is 23.9 Å². The van der Waals surface area contributed by atoms with E-state index >= 15 is 0 Å². The average Bonchev–Trinajstić information content (AvgIpc) is 2.67. The van der Waals surface area contributed by atoms with E-state index in [4.69, 9.17) is 9.05 Å². The molecule has 0 aliphatic rings. The number of benzene rings is 2. The molecule has 0 saturated carbocycles. The predicted octanol–water partition coefficient (Wildman–Crippen LogP) is 4.02. The lowest BCUT2D eigenvalue weighted by atomic mass is 10.2. The summed E-state index contributed by atoms with van der Waals surface area (Å²) in [5.74, 6) is -0.771. The molecule has 0 bridgehead atoms. The highest BCUT2D eigenvalue weighted by atomic mass is 32.2. The van der Waals surface area contributed by atoms with E-state index in [1.54, 1.807) is 38.1 Å². The molecule has 2 aromatic carbocycles. The van der Waals surface area contributed by atoms with E-state index in [2.05, 4.69) is 5.32 Å². The molecule has 0 saturated heterocycles. The maximum Gasteiger partial charge on any atom is 0.357 e. The van der Waals surface area contributed by atoms with Crippen LogP contribution in [0.2, 0.25) is 0 Å². The molecule has 0 heterocycles. The van der Waals surface area contributed by atoms with Gasteiger partial charge in [0.25, 0.3) is 0 Å². The van der Waals surface area contributed by atoms with Crippen LogP contribution in [0.5, 0.6) is 5.75 Å². The van der Waals surface area contributed by atoms with Gasteiger partial charge >= 0.3 is 7.60 Å². The van der Waals surface area contributed by atoms with Gasteiger partial charge in [0.05, 0.1) is 18.1 Å². The fraction of sp³-hybridized carbons (Fsp3) is 0.368. The minimum atomic E-state index is -3.61. The lowest BCUT2D eigenvalue weighted by molar-refractivity contribution is 0.214. The van der Waals surface area contributed by atoms with Crippen molar-refractivity contribution >= 4 is 23.3 Å². The van der Waals surface area contributed by atoms with Gasteiger partial charge in [-0.05, 0) is 55.8 Å². The van der Waals surface area contributed by atoms with Crippen LogP contribution in [0.25, 0.3) is 0 Å². The highest BCUT2D eigenvalue weighted by Gasteiger charge is 2.37. The van der Waals surface area contributed by atoms with Crippen molar-refractivity contribution < 1.29 is 27.1 Å². The zero-order valence-electron chi connectivity index (χ0n) is 16.9. The van der Waals surface area contributed by atoms with Crippen molar-refractivity contribution in [3.63, 3.8) is 0 Å². The maximum atomic E-state index is 13.4. The number of rotatable bonds is 10. The van der Waals surface area contributed by atoms with E-state index in [1.807, 2.05) is 0 Å². The summed E-state index contributed by atoms with van der Waals surface area (Å²) in [6, 6.07) is 12.3. The van der Waals surface area contributed by atoms with Crippen LogP contribution in [0.1, 0.15) is 25.2 Å². The summed E-state index contributed by atoms with van der Waals surface area (Å²) in [5, 5.41) is 12.7. The summed E-state index contributed by atoms with van der Waals surface area (Å²) in [6.45, 7) is 3.82. The normalized spacial score (nSPS) is 13.4. The summed E-state index contributed by atoms with van der Waals surface area (Å²) in [6.07, 6.45) is 0. The zero-order chi connectivity index (χ0) is 21.7. The minimum absolute atomic E-state index is 0.0772. The Morgan fingerprint density at radius 1 is 1.00 bits per heavy atom. The first-order valence-corrected chi connectivity index (χ1v) is 12.2. The summed E-state index contributed by atoms with van der Waals surface area (Å²) < 4.78 is 50.1. The number of phenolic OH excluding ortho intramolecular Hbond substituents is 1. The Bertz CT molecular complexity index is 936. The molecule has 10 heteroatoms. The van der Waals surface area contributed by atoms with Gasteiger partial charge < -0.3 is 19.5 Å². The Morgan fingerprint density at radius 2 is 1.52 bits per heavy atom. The zero-order valence-corrected chi connectivity index (χ0v) is 18.6. The SMILES string of the molecule is CCOP(=O)(OCC)C(Nc1ccc(S(=O)(=O)N(C)C)cc1)c1ccc(O)cc1. The Labute approximate surface area is 172 Å². The quantitative estimate of drug-likeness (QED) is 0.536. The van der Waals surface area contributed by atoms with Crippen LogP contribution >= 0.6 is 7.60 Å². The van der Waals surface area contributed by atoms with Crippen molar-refractivity contribution in [2.45, 2.75) is 24.5 Å². The molecule has 0 aliphatic heterocycles. The molecule has 0 amide bonds. The molecule has 0 aromatic heterocycles. The number of hydrogen-bond acceptors (Lipinski definition) is 7. The Balaban J connectivity index is 2.42. The van der Waals surface area contributed by atoms with Crippen molar-refractivity contribution in [3.05, 3.63) is 54.1 Å². The second-order valence-electron chi connectivity index (χ2n) is 6.33. The van der Waals surface area contributed by atoms with Gasteiger partial charge in [-0.3, -0.25) is 4.57 Å². The fourth-order valence-electron chi connectivity index (χ4n) is 2.64. The molecule has 160 valence electrons. The molecule has 0 aliphatic carbocycles. The minimum Gasteiger partial charge on any atom is -0.508 e. The standard InChI is InChI=1S/C19H27N2O6PS/c1-5-26-28(23,27-6-2)19(15-7-11-17(22)12-8-15)20-16-9-13-18(14-10-16)29(24,25)21(3)4/h7-14,19-20,22H,5-6H2,1-4H3. The second-order valence-corrected chi connectivity index (χ2v) is 10.6. The maximum absolute atomic E-state index is 13.4. The first-order valence-electron chi connectivity index (χ1n) is 9.11. The first kappa shape index (κ1) is 23.4. The molecule has 8 nitrogen and oxygen atoms in total. The molecular weight excluding hydrogens is 415 g/mol. The first-order chi connectivity index (χ1) is 13.6. The van der Waals surface area contributed by atoms with Gasteiger partial charge in [-0.2, -0.15) is 0 Å². The van der Waals surface area contributed by atoms with Crippen molar-refractivity contribution in [2.24, 2.45) is 0 Å². The molecule has 0 fully saturated rings. The van der Waals surface area contributed by atoms with Crippen LogP contribution in [0.4, 0.5) is 5.69 Å². The van der Waals surface area contributed by atoms with Crippen LogP contribution in [-0.4, -0.2) is 45.1 Å². The summed E-state index contributed by atoms with van der Waals surface area (Å²) in [4.78, 5) is 0.145. The molecule has 2 aromatic rings. The second kappa shape index (κ2) is 9.73. The van der Waals surface area contributed by atoms with Gasteiger partial charge in [0, 0.05) is 19.8 Å². The van der Waals surface area contributed by atoms with E-state index in [0.717, 1.165) is 4.31 Å². The molecule has 0 radical (unpaired) electrons. The van der Waals surface area contributed by atoms with E-state index in [9.17, 15) is 18.1 Å². The van der Waals surface area contributed by atoms with Gasteiger partial charge in [-0.1, -0.05) is 12.1 Å². The van der Waals surface area contributed by atoms with Crippen LogP contribution in [0.15, 0.2) is 53.4 Å². The lowest BCUT2D eigenvalue weighted by Crippen LogP contribution is -2.22. The summed E-state index contributed by atoms with van der Waals surface area (Å²) in [7, 11) is -4.24. The van der Waals surface area contributed by atoms with Gasteiger partial charge in [-0.25, -0.2) is 12.7 Å². The number of phenols is 1. The van der Waals surface area contributed by atoms with Crippen molar-refractivity contribution in [3.8, 4) is 5.75 Å². The molecule has 1 unspecified atom stereocenters. The number of anilines is 1. The fourth-order valence-corrected chi connectivity index (χ4v) is 5.48. The van der Waals surface area contributed by atoms with Crippen molar-refractivity contribution in [1.29, 1.82) is 0 Å². The van der Waals surface area contributed by atoms with Crippen LogP contribution < -0.4 is 5.32 Å². The highest BCUT2D eigenvalue weighted by Crippen LogP contribution is 2.60. The van der Waals surface area contributed by atoms with E-state index in [0.29, 0.717) is 11.3 Å². The highest BCUT2D eigenvalue weighted by molar-refractivity contribution is 7.89. The smallest absolute Gasteiger partial charge is 0.357 e. The van der Waals surface area contributed by atoms with Crippen LogP contribution in [0.3, 0.4) is 0 Å². The molecule has 0 spiro atoms. The number of aromatic hydroxyl groups is 1. The third-order valence-corrected chi connectivity index (χ3v) is 8.20.